The van der Waals surface area contributed by atoms with E-state index in [-0.39, 0.29) is 5.46 Å². The minimum atomic E-state index is -1.64. The zero-order valence-electron chi connectivity index (χ0n) is 12.2. The first-order chi connectivity index (χ1) is 10.1. The maximum absolute atomic E-state index is 14.0. The Bertz CT molecular complexity index is 582. The third-order valence-corrected chi connectivity index (χ3v) is 3.63. The van der Waals surface area contributed by atoms with Crippen molar-refractivity contribution in [1.82, 2.24) is 0 Å². The lowest BCUT2D eigenvalue weighted by atomic mass is 9.79. The second kappa shape index (κ2) is 7.39. The van der Waals surface area contributed by atoms with Gasteiger partial charge in [-0.1, -0.05) is 56.2 Å². The molecule has 0 amide bonds. The van der Waals surface area contributed by atoms with E-state index in [1.165, 1.54) is 30.9 Å². The molecule has 0 bridgehead atoms. The third kappa shape index (κ3) is 4.16. The Balaban J connectivity index is 2.15. The van der Waals surface area contributed by atoms with Crippen LogP contribution in [0.4, 0.5) is 4.39 Å². The van der Waals surface area contributed by atoms with Crippen LogP contribution in [0.2, 0.25) is 0 Å². The minimum Gasteiger partial charge on any atom is -0.423 e. The summed E-state index contributed by atoms with van der Waals surface area (Å²) in [7, 11) is -1.64. The summed E-state index contributed by atoms with van der Waals surface area (Å²) >= 11 is 0. The Morgan fingerprint density at radius 3 is 2.29 bits per heavy atom. The van der Waals surface area contributed by atoms with E-state index in [1.807, 2.05) is 24.3 Å². The lowest BCUT2D eigenvalue weighted by Crippen LogP contribution is -2.29. The largest absolute Gasteiger partial charge is 0.488 e. The summed E-state index contributed by atoms with van der Waals surface area (Å²) in [6, 6.07) is 12.1. The summed E-state index contributed by atoms with van der Waals surface area (Å²) < 4.78 is 14.0. The van der Waals surface area contributed by atoms with Crippen molar-refractivity contribution < 1.29 is 14.4 Å². The number of hydrogen-bond donors (Lipinski definition) is 2. The number of benzene rings is 2. The summed E-state index contributed by atoms with van der Waals surface area (Å²) in [5, 5.41) is 18.1. The highest BCUT2D eigenvalue weighted by atomic mass is 19.1. The van der Waals surface area contributed by atoms with Crippen molar-refractivity contribution in [3.63, 3.8) is 0 Å². The molecule has 0 saturated heterocycles. The van der Waals surface area contributed by atoms with Crippen LogP contribution in [0.1, 0.15) is 31.7 Å². The van der Waals surface area contributed by atoms with E-state index in [0.29, 0.717) is 5.56 Å². The fourth-order valence-electron chi connectivity index (χ4n) is 2.36. The molecule has 0 aliphatic heterocycles. The summed E-state index contributed by atoms with van der Waals surface area (Å²) in [4.78, 5) is 0. The standard InChI is InChI=1S/C17H20BFO2/c1-2-3-4-5-13-6-8-14(9-7-13)16-11-10-15(18(20)21)12-17(16)19/h6-12,20-21H,2-5H2,1H3. The fraction of sp³-hybridized carbons (Fsp3) is 0.294. The van der Waals surface area contributed by atoms with Crippen molar-refractivity contribution in [3.8, 4) is 11.1 Å². The molecule has 2 aromatic carbocycles. The molecule has 4 heteroatoms. The van der Waals surface area contributed by atoms with E-state index >= 15 is 0 Å². The van der Waals surface area contributed by atoms with Gasteiger partial charge in [0, 0.05) is 5.56 Å². The third-order valence-electron chi connectivity index (χ3n) is 3.63. The number of aryl methyl sites for hydroxylation is 1. The molecule has 2 aromatic rings. The Kier molecular flexibility index (Phi) is 5.54. The average molecular weight is 286 g/mol. The monoisotopic (exact) mass is 286 g/mol. The fourth-order valence-corrected chi connectivity index (χ4v) is 2.36. The molecule has 0 atom stereocenters. The van der Waals surface area contributed by atoms with Crippen LogP contribution in [0, 0.1) is 5.82 Å². The van der Waals surface area contributed by atoms with Gasteiger partial charge in [-0.25, -0.2) is 4.39 Å². The Labute approximate surface area is 125 Å². The van der Waals surface area contributed by atoms with Crippen molar-refractivity contribution in [1.29, 1.82) is 0 Å². The van der Waals surface area contributed by atoms with Crippen LogP contribution in [0.15, 0.2) is 42.5 Å². The van der Waals surface area contributed by atoms with Gasteiger partial charge in [0.15, 0.2) is 0 Å². The van der Waals surface area contributed by atoms with Gasteiger partial charge >= 0.3 is 7.12 Å². The first kappa shape index (κ1) is 15.7. The molecule has 0 spiro atoms. The first-order valence-electron chi connectivity index (χ1n) is 7.36. The van der Waals surface area contributed by atoms with Crippen LogP contribution >= 0.6 is 0 Å². The van der Waals surface area contributed by atoms with Crippen LogP contribution < -0.4 is 5.46 Å². The Hall–Kier alpha value is -1.65. The molecule has 2 rings (SSSR count). The lowest BCUT2D eigenvalue weighted by molar-refractivity contribution is 0.425. The highest BCUT2D eigenvalue weighted by Crippen LogP contribution is 2.22. The molecule has 0 saturated carbocycles. The topological polar surface area (TPSA) is 40.5 Å². The SMILES string of the molecule is CCCCCc1ccc(-c2ccc(B(O)O)cc2F)cc1. The van der Waals surface area contributed by atoms with E-state index in [0.717, 1.165) is 18.1 Å². The number of hydrogen-bond acceptors (Lipinski definition) is 2. The van der Waals surface area contributed by atoms with Gasteiger partial charge in [-0.3, -0.25) is 0 Å². The van der Waals surface area contributed by atoms with E-state index in [1.54, 1.807) is 6.07 Å². The molecule has 0 aromatic heterocycles. The molecule has 0 radical (unpaired) electrons. The predicted octanol–water partition coefficient (Wildman–Crippen LogP) is 2.91. The Morgan fingerprint density at radius 2 is 1.71 bits per heavy atom. The maximum atomic E-state index is 14.0. The molecule has 0 fully saturated rings. The van der Waals surface area contributed by atoms with Gasteiger partial charge in [-0.05, 0) is 35.5 Å². The average Bonchev–Trinajstić information content (AvgIpc) is 2.48. The van der Waals surface area contributed by atoms with E-state index in [2.05, 4.69) is 6.92 Å². The highest BCUT2D eigenvalue weighted by Gasteiger charge is 2.14. The Morgan fingerprint density at radius 1 is 1.00 bits per heavy atom. The van der Waals surface area contributed by atoms with Crippen LogP contribution in [-0.2, 0) is 6.42 Å². The second-order valence-electron chi connectivity index (χ2n) is 5.27. The van der Waals surface area contributed by atoms with Crippen molar-refractivity contribution in [2.45, 2.75) is 32.6 Å². The molecule has 110 valence electrons. The smallest absolute Gasteiger partial charge is 0.423 e. The predicted molar refractivity (Wildman–Crippen MR) is 84.9 cm³/mol. The molecular weight excluding hydrogens is 266 g/mol. The summed E-state index contributed by atoms with van der Waals surface area (Å²) in [5.74, 6) is -0.445. The van der Waals surface area contributed by atoms with E-state index in [4.69, 9.17) is 10.0 Å². The molecular formula is C17H20BFO2. The molecule has 21 heavy (non-hydrogen) atoms. The van der Waals surface area contributed by atoms with Gasteiger partial charge in [0.1, 0.15) is 5.82 Å². The van der Waals surface area contributed by atoms with Gasteiger partial charge < -0.3 is 10.0 Å². The summed E-state index contributed by atoms with van der Waals surface area (Å²) in [6.45, 7) is 2.18. The van der Waals surface area contributed by atoms with Crippen molar-refractivity contribution in [2.24, 2.45) is 0 Å². The second-order valence-corrected chi connectivity index (χ2v) is 5.27. The highest BCUT2D eigenvalue weighted by molar-refractivity contribution is 6.58. The van der Waals surface area contributed by atoms with E-state index < -0.39 is 12.9 Å². The van der Waals surface area contributed by atoms with Crippen LogP contribution in [0.5, 0.6) is 0 Å². The molecule has 2 N–H and O–H groups in total. The van der Waals surface area contributed by atoms with Gasteiger partial charge in [0.2, 0.25) is 0 Å². The molecule has 0 heterocycles. The van der Waals surface area contributed by atoms with Crippen molar-refractivity contribution >= 4 is 12.6 Å². The van der Waals surface area contributed by atoms with Gasteiger partial charge in [0.25, 0.3) is 0 Å². The number of unbranched alkanes of at least 4 members (excludes halogenated alkanes) is 2. The molecule has 0 aliphatic rings. The van der Waals surface area contributed by atoms with E-state index in [9.17, 15) is 4.39 Å². The number of halogens is 1. The lowest BCUT2D eigenvalue weighted by Gasteiger charge is -2.07. The van der Waals surface area contributed by atoms with Gasteiger partial charge in [0.05, 0.1) is 0 Å². The quantitative estimate of drug-likeness (QED) is 0.633. The van der Waals surface area contributed by atoms with Crippen molar-refractivity contribution in [3.05, 3.63) is 53.8 Å². The zero-order chi connectivity index (χ0) is 15.2. The maximum Gasteiger partial charge on any atom is 0.488 e. The van der Waals surface area contributed by atoms with Crippen LogP contribution in [0.25, 0.3) is 11.1 Å². The molecule has 0 unspecified atom stereocenters. The molecule has 2 nitrogen and oxygen atoms in total. The minimum absolute atomic E-state index is 0.160. The first-order valence-corrected chi connectivity index (χ1v) is 7.36. The van der Waals surface area contributed by atoms with Crippen LogP contribution in [0.3, 0.4) is 0 Å². The van der Waals surface area contributed by atoms with Crippen LogP contribution in [-0.4, -0.2) is 17.2 Å². The normalized spacial score (nSPS) is 10.7. The zero-order valence-corrected chi connectivity index (χ0v) is 12.2. The summed E-state index contributed by atoms with van der Waals surface area (Å²) in [5.41, 5.74) is 2.69. The number of rotatable bonds is 6. The van der Waals surface area contributed by atoms with Crippen molar-refractivity contribution in [2.75, 3.05) is 0 Å². The molecule has 0 aliphatic carbocycles. The van der Waals surface area contributed by atoms with Gasteiger partial charge in [-0.2, -0.15) is 0 Å². The van der Waals surface area contributed by atoms with Gasteiger partial charge in [-0.15, -0.1) is 0 Å². The summed E-state index contributed by atoms with van der Waals surface area (Å²) in [6.07, 6.45) is 4.65.